The van der Waals surface area contributed by atoms with E-state index in [9.17, 15) is 9.59 Å². The van der Waals surface area contributed by atoms with Crippen LogP contribution in [0.5, 0.6) is 0 Å². The van der Waals surface area contributed by atoms with Gasteiger partial charge in [-0.3, -0.25) is 9.78 Å². The third-order valence-electron chi connectivity index (χ3n) is 3.95. The van der Waals surface area contributed by atoms with Crippen LogP contribution in [0.4, 0.5) is 0 Å². The van der Waals surface area contributed by atoms with Gasteiger partial charge < -0.3 is 14.7 Å². The molecule has 0 saturated carbocycles. The van der Waals surface area contributed by atoms with Crippen molar-refractivity contribution in [2.45, 2.75) is 6.54 Å². The summed E-state index contributed by atoms with van der Waals surface area (Å²) in [6.07, 6.45) is 0. The summed E-state index contributed by atoms with van der Waals surface area (Å²) in [7, 11) is 0. The fraction of sp³-hybridized carbons (Fsp3) is 0.0526. The van der Waals surface area contributed by atoms with E-state index in [1.165, 1.54) is 0 Å². The van der Waals surface area contributed by atoms with Gasteiger partial charge in [-0.2, -0.15) is 0 Å². The van der Waals surface area contributed by atoms with Gasteiger partial charge in [0.25, 0.3) is 5.91 Å². The summed E-state index contributed by atoms with van der Waals surface area (Å²) in [6.45, 7) is 0.349. The molecule has 4 aromatic rings. The maximum absolute atomic E-state index is 12.3. The monoisotopic (exact) mass is 333 g/mol. The summed E-state index contributed by atoms with van der Waals surface area (Å²) < 4.78 is 4.96. The molecule has 0 unspecified atom stereocenters. The van der Waals surface area contributed by atoms with Crippen molar-refractivity contribution in [3.8, 4) is 11.3 Å². The summed E-state index contributed by atoms with van der Waals surface area (Å²) in [5.74, 6) is -0.682. The Morgan fingerprint density at radius 1 is 1.00 bits per heavy atom. The first-order valence-corrected chi connectivity index (χ1v) is 7.83. The van der Waals surface area contributed by atoms with Gasteiger partial charge in [0.1, 0.15) is 5.69 Å². The van der Waals surface area contributed by atoms with Gasteiger partial charge in [-0.15, -0.1) is 0 Å². The highest BCUT2D eigenvalue weighted by Crippen LogP contribution is 2.18. The zero-order chi connectivity index (χ0) is 17.2. The minimum absolute atomic E-state index is 0.192. The quantitative estimate of drug-likeness (QED) is 0.536. The van der Waals surface area contributed by atoms with E-state index in [1.54, 1.807) is 18.2 Å². The van der Waals surface area contributed by atoms with E-state index in [4.69, 9.17) is 4.42 Å². The number of oxazole rings is 1. The first-order chi connectivity index (χ1) is 12.2. The van der Waals surface area contributed by atoms with Crippen LogP contribution in [0.25, 0.3) is 22.4 Å². The predicted molar refractivity (Wildman–Crippen MR) is 94.2 cm³/mol. The Morgan fingerprint density at radius 3 is 2.68 bits per heavy atom. The number of fused-ring (bicyclic) bond motifs is 1. The molecule has 3 N–H and O–H groups in total. The van der Waals surface area contributed by atoms with Gasteiger partial charge in [0.2, 0.25) is 0 Å². The van der Waals surface area contributed by atoms with E-state index >= 15 is 0 Å². The second kappa shape index (κ2) is 6.16. The summed E-state index contributed by atoms with van der Waals surface area (Å²) >= 11 is 0. The van der Waals surface area contributed by atoms with Gasteiger partial charge in [0.15, 0.2) is 5.58 Å². The van der Waals surface area contributed by atoms with Crippen molar-refractivity contribution < 1.29 is 9.21 Å². The highest BCUT2D eigenvalue weighted by atomic mass is 16.4. The lowest BCUT2D eigenvalue weighted by molar-refractivity contribution is 0.0946. The summed E-state index contributed by atoms with van der Waals surface area (Å²) in [5.41, 5.74) is 4.39. The average Bonchev–Trinajstić information content (AvgIpc) is 3.26. The minimum Gasteiger partial charge on any atom is -0.408 e. The van der Waals surface area contributed by atoms with Gasteiger partial charge in [-0.1, -0.05) is 36.4 Å². The van der Waals surface area contributed by atoms with Gasteiger partial charge >= 0.3 is 5.76 Å². The lowest BCUT2D eigenvalue weighted by Gasteiger charge is -2.04. The van der Waals surface area contributed by atoms with Crippen LogP contribution in [0.15, 0.2) is 69.9 Å². The molecule has 0 saturated heterocycles. The standard InChI is InChI=1S/C19H15N3O3/c23-18(15-8-7-14(21-15)13-4-2-1-3-5-13)20-11-12-6-9-17-16(10-12)22-19(24)25-17/h1-10,21H,11H2,(H,20,23)(H,22,24). The van der Waals surface area contributed by atoms with Crippen molar-refractivity contribution in [2.24, 2.45) is 0 Å². The molecule has 2 aromatic carbocycles. The van der Waals surface area contributed by atoms with Crippen LogP contribution in [-0.2, 0) is 6.54 Å². The molecule has 0 radical (unpaired) electrons. The zero-order valence-electron chi connectivity index (χ0n) is 13.2. The normalized spacial score (nSPS) is 10.9. The molecule has 6 nitrogen and oxygen atoms in total. The van der Waals surface area contributed by atoms with Crippen LogP contribution in [0.1, 0.15) is 16.1 Å². The van der Waals surface area contributed by atoms with Crippen LogP contribution in [0.3, 0.4) is 0 Å². The molecule has 0 aliphatic carbocycles. The Balaban J connectivity index is 1.46. The van der Waals surface area contributed by atoms with Crippen LogP contribution >= 0.6 is 0 Å². The Bertz CT molecular complexity index is 1090. The topological polar surface area (TPSA) is 90.9 Å². The average molecular weight is 333 g/mol. The second-order valence-electron chi connectivity index (χ2n) is 5.68. The predicted octanol–water partition coefficient (Wildman–Crippen LogP) is 3.05. The molecule has 4 rings (SSSR count). The van der Waals surface area contributed by atoms with Crippen molar-refractivity contribution >= 4 is 17.0 Å². The van der Waals surface area contributed by atoms with Crippen molar-refractivity contribution in [1.29, 1.82) is 0 Å². The van der Waals surface area contributed by atoms with Gasteiger partial charge in [-0.25, -0.2) is 4.79 Å². The number of benzene rings is 2. The van der Waals surface area contributed by atoms with E-state index in [2.05, 4.69) is 15.3 Å². The number of hydrogen-bond acceptors (Lipinski definition) is 3. The third-order valence-corrected chi connectivity index (χ3v) is 3.95. The van der Waals surface area contributed by atoms with E-state index in [0.717, 1.165) is 16.8 Å². The van der Waals surface area contributed by atoms with E-state index in [0.29, 0.717) is 23.3 Å². The van der Waals surface area contributed by atoms with E-state index in [1.807, 2.05) is 42.5 Å². The van der Waals surface area contributed by atoms with Crippen LogP contribution in [0, 0.1) is 0 Å². The first kappa shape index (κ1) is 15.0. The van der Waals surface area contributed by atoms with Crippen molar-refractivity contribution in [3.05, 3.63) is 82.5 Å². The Kier molecular flexibility index (Phi) is 3.70. The molecule has 1 amide bonds. The van der Waals surface area contributed by atoms with Gasteiger partial charge in [0, 0.05) is 12.2 Å². The number of H-pyrrole nitrogens is 2. The summed E-state index contributed by atoms with van der Waals surface area (Å²) in [4.78, 5) is 29.2. The maximum Gasteiger partial charge on any atom is 0.417 e. The number of amides is 1. The highest BCUT2D eigenvalue weighted by Gasteiger charge is 2.09. The molecular formula is C19H15N3O3. The number of nitrogens with one attached hydrogen (secondary N) is 3. The number of carbonyl (C=O) groups is 1. The molecule has 25 heavy (non-hydrogen) atoms. The Morgan fingerprint density at radius 2 is 1.84 bits per heavy atom. The Hall–Kier alpha value is -3.54. The molecule has 0 atom stereocenters. The van der Waals surface area contributed by atoms with E-state index in [-0.39, 0.29) is 5.91 Å². The van der Waals surface area contributed by atoms with Crippen molar-refractivity contribution in [3.63, 3.8) is 0 Å². The molecule has 2 aromatic heterocycles. The summed E-state index contributed by atoms with van der Waals surface area (Å²) in [6, 6.07) is 18.7. The molecule has 0 bridgehead atoms. The highest BCUT2D eigenvalue weighted by molar-refractivity contribution is 5.93. The fourth-order valence-corrected chi connectivity index (χ4v) is 2.70. The molecule has 0 aliphatic rings. The largest absolute Gasteiger partial charge is 0.417 e. The number of aromatic nitrogens is 2. The van der Waals surface area contributed by atoms with Crippen molar-refractivity contribution in [2.75, 3.05) is 0 Å². The number of rotatable bonds is 4. The minimum atomic E-state index is -0.490. The van der Waals surface area contributed by atoms with Crippen LogP contribution in [0.2, 0.25) is 0 Å². The number of aromatic amines is 2. The second-order valence-corrected chi connectivity index (χ2v) is 5.68. The SMILES string of the molecule is O=C(NCc1ccc2oc(=O)[nH]c2c1)c1ccc(-c2ccccc2)[nH]1. The molecule has 6 heteroatoms. The fourth-order valence-electron chi connectivity index (χ4n) is 2.70. The maximum atomic E-state index is 12.3. The summed E-state index contributed by atoms with van der Waals surface area (Å²) in [5, 5.41) is 2.86. The lowest BCUT2D eigenvalue weighted by Crippen LogP contribution is -2.23. The number of hydrogen-bond donors (Lipinski definition) is 3. The molecule has 0 aliphatic heterocycles. The molecular weight excluding hydrogens is 318 g/mol. The molecule has 2 heterocycles. The molecule has 0 fully saturated rings. The van der Waals surface area contributed by atoms with E-state index < -0.39 is 5.76 Å². The molecule has 0 spiro atoms. The Labute approximate surface area is 142 Å². The zero-order valence-corrected chi connectivity index (χ0v) is 13.2. The van der Waals surface area contributed by atoms with Gasteiger partial charge in [0.05, 0.1) is 5.52 Å². The van der Waals surface area contributed by atoms with Gasteiger partial charge in [-0.05, 0) is 35.4 Å². The van der Waals surface area contributed by atoms with Crippen LogP contribution < -0.4 is 11.1 Å². The number of carbonyl (C=O) groups excluding carboxylic acids is 1. The smallest absolute Gasteiger partial charge is 0.408 e. The van der Waals surface area contributed by atoms with Crippen molar-refractivity contribution in [1.82, 2.24) is 15.3 Å². The third kappa shape index (κ3) is 3.10. The van der Waals surface area contributed by atoms with Crippen LogP contribution in [-0.4, -0.2) is 15.9 Å². The molecule has 124 valence electrons. The lowest BCUT2D eigenvalue weighted by atomic mass is 10.2. The first-order valence-electron chi connectivity index (χ1n) is 7.83.